The number of methoxy groups -OCH3 is 2. The largest absolute Gasteiger partial charge is 0.497 e. The Balaban J connectivity index is 2.09. The van der Waals surface area contributed by atoms with Gasteiger partial charge in [0.15, 0.2) is 6.04 Å². The first-order valence-electron chi connectivity index (χ1n) is 7.97. The van der Waals surface area contributed by atoms with E-state index in [1.165, 1.54) is 4.90 Å². The lowest BCUT2D eigenvalue weighted by Crippen LogP contribution is -2.71. The fourth-order valence-corrected chi connectivity index (χ4v) is 2.59. The Morgan fingerprint density at radius 1 is 1.29 bits per heavy atom. The number of esters is 1. The van der Waals surface area contributed by atoms with Gasteiger partial charge >= 0.3 is 5.97 Å². The number of benzene rings is 1. The van der Waals surface area contributed by atoms with Crippen LogP contribution in [0.3, 0.4) is 0 Å². The average molecular weight is 336 g/mol. The van der Waals surface area contributed by atoms with Crippen molar-refractivity contribution in [2.75, 3.05) is 20.8 Å². The van der Waals surface area contributed by atoms with Crippen molar-refractivity contribution >= 4 is 11.9 Å². The van der Waals surface area contributed by atoms with Crippen molar-refractivity contribution in [3.05, 3.63) is 23.8 Å². The summed E-state index contributed by atoms with van der Waals surface area (Å²) in [7, 11) is 3.10. The second-order valence-corrected chi connectivity index (χ2v) is 5.64. The van der Waals surface area contributed by atoms with Gasteiger partial charge in [-0.05, 0) is 18.6 Å². The van der Waals surface area contributed by atoms with Gasteiger partial charge in [-0.1, -0.05) is 13.3 Å². The number of unbranched alkanes of at least 4 members (excludes halogenated alkanes) is 1. The zero-order valence-electron chi connectivity index (χ0n) is 14.3. The van der Waals surface area contributed by atoms with Gasteiger partial charge in [-0.2, -0.15) is 0 Å². The minimum atomic E-state index is -0.844. The zero-order valence-corrected chi connectivity index (χ0v) is 14.3. The molecule has 132 valence electrons. The monoisotopic (exact) mass is 336 g/mol. The Hall–Kier alpha value is -2.28. The number of ether oxygens (including phenoxy) is 3. The number of likely N-dealkylation sites (tertiary alicyclic amines) is 1. The quantitative estimate of drug-likeness (QED) is 0.434. The minimum absolute atomic E-state index is 0.229. The van der Waals surface area contributed by atoms with E-state index < -0.39 is 18.1 Å². The normalized spacial score (nSPS) is 19.7. The third-order valence-electron chi connectivity index (χ3n) is 4.06. The molecule has 0 bridgehead atoms. The molecule has 2 atom stereocenters. The van der Waals surface area contributed by atoms with Crippen LogP contribution in [-0.2, 0) is 20.9 Å². The summed E-state index contributed by atoms with van der Waals surface area (Å²) in [6.07, 6.45) is 1.71. The zero-order chi connectivity index (χ0) is 17.7. The van der Waals surface area contributed by atoms with Gasteiger partial charge in [-0.15, -0.1) is 0 Å². The van der Waals surface area contributed by atoms with Crippen molar-refractivity contribution < 1.29 is 23.8 Å². The van der Waals surface area contributed by atoms with Crippen LogP contribution in [0.5, 0.6) is 11.5 Å². The third kappa shape index (κ3) is 3.62. The highest BCUT2D eigenvalue weighted by atomic mass is 16.5. The summed E-state index contributed by atoms with van der Waals surface area (Å²) in [5, 5.41) is 0. The summed E-state index contributed by atoms with van der Waals surface area (Å²) in [5.74, 6) is 0.506. The Kier molecular flexibility index (Phi) is 6.03. The van der Waals surface area contributed by atoms with Gasteiger partial charge in [0.05, 0.1) is 27.4 Å². The molecule has 0 aliphatic carbocycles. The smallest absolute Gasteiger partial charge is 0.331 e. The summed E-state index contributed by atoms with van der Waals surface area (Å²) >= 11 is 0. The molecule has 1 aromatic rings. The number of hydrogen-bond donors (Lipinski definition) is 1. The number of hydrogen-bond acceptors (Lipinski definition) is 6. The minimum Gasteiger partial charge on any atom is -0.497 e. The van der Waals surface area contributed by atoms with Crippen LogP contribution in [0.25, 0.3) is 0 Å². The fraction of sp³-hybridized carbons (Fsp3) is 0.529. The van der Waals surface area contributed by atoms with Crippen LogP contribution in [0.4, 0.5) is 0 Å². The molecule has 2 N–H and O–H groups in total. The molecule has 7 heteroatoms. The maximum absolute atomic E-state index is 12.2. The number of nitrogens with two attached hydrogens (primary N) is 1. The summed E-state index contributed by atoms with van der Waals surface area (Å²) < 4.78 is 15.7. The molecule has 24 heavy (non-hydrogen) atoms. The topological polar surface area (TPSA) is 91.1 Å². The highest BCUT2D eigenvalue weighted by Gasteiger charge is 2.50. The Morgan fingerprint density at radius 3 is 2.67 bits per heavy atom. The predicted molar refractivity (Wildman–Crippen MR) is 87.7 cm³/mol. The molecular weight excluding hydrogens is 312 g/mol. The summed E-state index contributed by atoms with van der Waals surface area (Å²) in [6.45, 7) is 2.58. The maximum Gasteiger partial charge on any atom is 0.331 e. The lowest BCUT2D eigenvalue weighted by atomic mass is 9.94. The van der Waals surface area contributed by atoms with Crippen LogP contribution >= 0.6 is 0 Å². The number of carbonyl (C=O) groups excluding carboxylic acids is 2. The Labute approximate surface area is 141 Å². The predicted octanol–water partition coefficient (Wildman–Crippen LogP) is 1.09. The van der Waals surface area contributed by atoms with E-state index in [4.69, 9.17) is 19.9 Å². The average Bonchev–Trinajstić information content (AvgIpc) is 2.61. The first-order chi connectivity index (χ1) is 11.5. The molecule has 7 nitrogen and oxygen atoms in total. The molecule has 0 unspecified atom stereocenters. The highest BCUT2D eigenvalue weighted by Crippen LogP contribution is 2.29. The van der Waals surface area contributed by atoms with Crippen molar-refractivity contribution in [3.8, 4) is 11.5 Å². The van der Waals surface area contributed by atoms with Gasteiger partial charge in [0.1, 0.15) is 17.5 Å². The molecule has 1 aromatic carbocycles. The van der Waals surface area contributed by atoms with Crippen molar-refractivity contribution in [2.45, 2.75) is 38.4 Å². The van der Waals surface area contributed by atoms with Crippen molar-refractivity contribution in [2.24, 2.45) is 5.73 Å². The lowest BCUT2D eigenvalue weighted by molar-refractivity contribution is -0.169. The first kappa shape index (κ1) is 18.1. The third-order valence-corrected chi connectivity index (χ3v) is 4.06. The van der Waals surface area contributed by atoms with E-state index >= 15 is 0 Å². The molecule has 1 aliphatic heterocycles. The second kappa shape index (κ2) is 8.01. The van der Waals surface area contributed by atoms with E-state index in [2.05, 4.69) is 0 Å². The van der Waals surface area contributed by atoms with Gasteiger partial charge < -0.3 is 24.8 Å². The van der Waals surface area contributed by atoms with Gasteiger partial charge in [0, 0.05) is 11.6 Å². The Bertz CT molecular complexity index is 605. The molecule has 2 rings (SSSR count). The van der Waals surface area contributed by atoms with Crippen LogP contribution in [0.15, 0.2) is 18.2 Å². The molecule has 1 saturated heterocycles. The molecule has 0 radical (unpaired) electrons. The Morgan fingerprint density at radius 2 is 2.04 bits per heavy atom. The van der Waals surface area contributed by atoms with Crippen LogP contribution in [-0.4, -0.2) is 49.7 Å². The molecule has 1 heterocycles. The van der Waals surface area contributed by atoms with Crippen LogP contribution in [0.1, 0.15) is 25.3 Å². The van der Waals surface area contributed by atoms with Crippen molar-refractivity contribution in [3.63, 3.8) is 0 Å². The van der Waals surface area contributed by atoms with Gasteiger partial charge in [-0.25, -0.2) is 4.79 Å². The summed E-state index contributed by atoms with van der Waals surface area (Å²) in [5.41, 5.74) is 6.56. The van der Waals surface area contributed by atoms with E-state index in [0.717, 1.165) is 18.4 Å². The van der Waals surface area contributed by atoms with E-state index in [1.54, 1.807) is 32.4 Å². The number of amides is 1. The second-order valence-electron chi connectivity index (χ2n) is 5.64. The van der Waals surface area contributed by atoms with Crippen LogP contribution in [0, 0.1) is 0 Å². The molecule has 1 fully saturated rings. The standard InChI is InChI=1S/C17H24N2O5/c1-4-5-8-24-17(21)15-14(18)16(20)19(15)10-11-6-7-12(22-2)9-13(11)23-3/h6-7,9,14-15H,4-5,8,10,18H2,1-3H3/t14-,15-/m1/s1. The number of nitrogens with zero attached hydrogens (tertiary/aromatic N) is 1. The van der Waals surface area contributed by atoms with Gasteiger partial charge in [0.25, 0.3) is 0 Å². The van der Waals surface area contributed by atoms with Crippen LogP contribution < -0.4 is 15.2 Å². The van der Waals surface area contributed by atoms with E-state index in [-0.39, 0.29) is 12.5 Å². The van der Waals surface area contributed by atoms with Crippen LogP contribution in [0.2, 0.25) is 0 Å². The fourth-order valence-electron chi connectivity index (χ4n) is 2.59. The molecule has 0 saturated carbocycles. The van der Waals surface area contributed by atoms with Crippen molar-refractivity contribution in [1.82, 2.24) is 4.90 Å². The van der Waals surface area contributed by atoms with E-state index in [9.17, 15) is 9.59 Å². The molecule has 0 aromatic heterocycles. The number of rotatable bonds is 8. The molecular formula is C17H24N2O5. The molecule has 1 aliphatic rings. The van der Waals surface area contributed by atoms with Gasteiger partial charge in [0.2, 0.25) is 5.91 Å². The number of carbonyl (C=O) groups is 2. The SMILES string of the molecule is CCCCOC(=O)[C@H]1[C@@H](N)C(=O)N1Cc1ccc(OC)cc1OC. The van der Waals surface area contributed by atoms with Gasteiger partial charge in [-0.3, -0.25) is 4.79 Å². The summed E-state index contributed by atoms with van der Waals surface area (Å²) in [6, 6.07) is 3.71. The molecule has 0 spiro atoms. The maximum atomic E-state index is 12.2. The first-order valence-corrected chi connectivity index (χ1v) is 7.97. The van der Waals surface area contributed by atoms with E-state index in [0.29, 0.717) is 18.1 Å². The number of β-lactam (4-membered cyclic amide) rings is 1. The highest BCUT2D eigenvalue weighted by molar-refractivity contribution is 5.99. The lowest BCUT2D eigenvalue weighted by Gasteiger charge is -2.43. The van der Waals surface area contributed by atoms with E-state index in [1.807, 2.05) is 6.92 Å². The molecule has 1 amide bonds. The van der Waals surface area contributed by atoms with Crippen molar-refractivity contribution in [1.29, 1.82) is 0 Å². The summed E-state index contributed by atoms with van der Waals surface area (Å²) in [4.78, 5) is 25.6.